The minimum absolute atomic E-state index is 0.0733. The van der Waals surface area contributed by atoms with Gasteiger partial charge >= 0.3 is 0 Å². The summed E-state index contributed by atoms with van der Waals surface area (Å²) >= 11 is 0. The Bertz CT molecular complexity index is 796. The van der Waals surface area contributed by atoms with E-state index in [1.807, 2.05) is 0 Å². The van der Waals surface area contributed by atoms with Gasteiger partial charge in [-0.1, -0.05) is 13.8 Å². The summed E-state index contributed by atoms with van der Waals surface area (Å²) in [5.41, 5.74) is -0.644. The van der Waals surface area contributed by atoms with Crippen molar-refractivity contribution in [2.75, 3.05) is 13.1 Å². The highest BCUT2D eigenvalue weighted by molar-refractivity contribution is 5.83. The fraction of sp³-hybridized carbons (Fsp3) is 0.964. The molecule has 0 unspecified atom stereocenters. The molecule has 4 heteroatoms. The Hall–Kier alpha value is -0.450. The Morgan fingerprint density at radius 3 is 2.44 bits per heavy atom. The van der Waals surface area contributed by atoms with Crippen LogP contribution in [0.1, 0.15) is 85.5 Å². The highest BCUT2D eigenvalue weighted by Gasteiger charge is 2.66. The van der Waals surface area contributed by atoms with E-state index < -0.39 is 5.60 Å². The SMILES string of the molecule is C[C@H]1CC[C@@]2(C)N(C1)C[C@H]1[C@@H]3C[C@H]4[C@@H](CC(=O)[C@H]5C[C@@H](O)CC[C@@]54C)[C@@H]3CC[C@@H]1[C@]2(C)O. The van der Waals surface area contributed by atoms with E-state index in [-0.39, 0.29) is 23.0 Å². The van der Waals surface area contributed by atoms with Crippen molar-refractivity contribution in [3.63, 3.8) is 0 Å². The number of fused-ring (bicyclic) bond motifs is 8. The van der Waals surface area contributed by atoms with Crippen LogP contribution in [0.5, 0.6) is 0 Å². The standard InChI is InChI=1S/C28H45NO3/c1-16-7-10-27(3)28(4,32)22-6-5-18-19(21(22)15-29(27)14-16)12-23-20(18)13-25(31)24-11-17(30)8-9-26(23,24)2/h16-24,30,32H,5-15H2,1-4H3/t16-,17-,18+,19+,20-,21-,22-,23-,24+,26+,27+,28-/m0/s1. The number of hydrogen-bond donors (Lipinski definition) is 2. The number of Topliss-reactive ketones (excluding diaryl/α,β-unsaturated/α-hetero) is 1. The van der Waals surface area contributed by atoms with Crippen molar-refractivity contribution in [3.05, 3.63) is 0 Å². The minimum atomic E-state index is -0.633. The molecule has 0 aromatic rings. The fourth-order valence-corrected chi connectivity index (χ4v) is 10.6. The number of nitrogens with zero attached hydrogens (tertiary/aromatic N) is 1. The van der Waals surface area contributed by atoms with Crippen LogP contribution < -0.4 is 0 Å². The summed E-state index contributed by atoms with van der Waals surface area (Å²) in [6, 6.07) is 0. The number of aliphatic hydroxyl groups is 2. The van der Waals surface area contributed by atoms with Gasteiger partial charge in [-0.15, -0.1) is 0 Å². The highest BCUT2D eigenvalue weighted by atomic mass is 16.3. The van der Waals surface area contributed by atoms with E-state index in [1.165, 1.54) is 19.3 Å². The van der Waals surface area contributed by atoms with Gasteiger partial charge in [-0.3, -0.25) is 9.69 Å². The van der Waals surface area contributed by atoms with E-state index in [0.717, 1.165) is 45.2 Å². The zero-order valence-corrected chi connectivity index (χ0v) is 20.7. The number of carbonyl (C=O) groups is 1. The molecular weight excluding hydrogens is 398 g/mol. The van der Waals surface area contributed by atoms with E-state index in [9.17, 15) is 15.0 Å². The largest absolute Gasteiger partial charge is 0.393 e. The van der Waals surface area contributed by atoms with E-state index in [4.69, 9.17) is 0 Å². The molecule has 2 saturated heterocycles. The van der Waals surface area contributed by atoms with Gasteiger partial charge in [0.1, 0.15) is 5.78 Å². The van der Waals surface area contributed by atoms with E-state index in [1.54, 1.807) is 0 Å². The van der Waals surface area contributed by atoms with Crippen molar-refractivity contribution >= 4 is 5.78 Å². The van der Waals surface area contributed by atoms with Gasteiger partial charge in [0, 0.05) is 31.0 Å². The Balaban J connectivity index is 1.32. The van der Waals surface area contributed by atoms with Gasteiger partial charge in [0.15, 0.2) is 0 Å². The summed E-state index contributed by atoms with van der Waals surface area (Å²) < 4.78 is 0. The van der Waals surface area contributed by atoms with Gasteiger partial charge < -0.3 is 10.2 Å². The monoisotopic (exact) mass is 443 g/mol. The first-order valence-corrected chi connectivity index (χ1v) is 13.7. The second-order valence-corrected chi connectivity index (χ2v) is 13.8. The molecule has 12 atom stereocenters. The first-order valence-electron chi connectivity index (χ1n) is 13.7. The molecule has 4 saturated carbocycles. The maximum Gasteiger partial charge on any atom is 0.136 e. The van der Waals surface area contributed by atoms with Gasteiger partial charge in [0.25, 0.3) is 0 Å². The van der Waals surface area contributed by atoms with Crippen LogP contribution in [0.2, 0.25) is 0 Å². The summed E-state index contributed by atoms with van der Waals surface area (Å²) in [7, 11) is 0. The Labute approximate surface area is 194 Å². The molecule has 2 aliphatic heterocycles. The quantitative estimate of drug-likeness (QED) is 0.587. The van der Waals surface area contributed by atoms with Gasteiger partial charge in [0.2, 0.25) is 0 Å². The average Bonchev–Trinajstić information content (AvgIpc) is 3.11. The van der Waals surface area contributed by atoms with Crippen LogP contribution >= 0.6 is 0 Å². The van der Waals surface area contributed by atoms with Crippen molar-refractivity contribution in [2.24, 2.45) is 52.8 Å². The molecule has 4 aliphatic carbocycles. The summed E-state index contributed by atoms with van der Waals surface area (Å²) in [5, 5.41) is 22.4. The number of ketones is 1. The lowest BCUT2D eigenvalue weighted by Crippen LogP contribution is -2.73. The summed E-state index contributed by atoms with van der Waals surface area (Å²) in [5.74, 6) is 4.70. The van der Waals surface area contributed by atoms with Crippen molar-refractivity contribution in [1.29, 1.82) is 0 Å². The molecule has 32 heavy (non-hydrogen) atoms. The average molecular weight is 444 g/mol. The predicted molar refractivity (Wildman–Crippen MR) is 125 cm³/mol. The lowest BCUT2D eigenvalue weighted by molar-refractivity contribution is -0.218. The zero-order chi connectivity index (χ0) is 22.6. The molecule has 0 radical (unpaired) electrons. The number of rotatable bonds is 0. The van der Waals surface area contributed by atoms with Crippen LogP contribution in [0.4, 0.5) is 0 Å². The van der Waals surface area contributed by atoms with Crippen molar-refractivity contribution in [3.8, 4) is 0 Å². The second kappa shape index (κ2) is 7.04. The highest BCUT2D eigenvalue weighted by Crippen LogP contribution is 2.67. The Morgan fingerprint density at radius 1 is 0.875 bits per heavy atom. The van der Waals surface area contributed by atoms with Crippen LogP contribution in [0, 0.1) is 52.8 Å². The molecule has 6 aliphatic rings. The third kappa shape index (κ3) is 2.75. The van der Waals surface area contributed by atoms with Crippen LogP contribution in [-0.2, 0) is 4.79 Å². The molecule has 0 aromatic carbocycles. The molecule has 6 fully saturated rings. The molecule has 2 heterocycles. The molecule has 0 bridgehead atoms. The van der Waals surface area contributed by atoms with Crippen LogP contribution in [-0.4, -0.2) is 51.2 Å². The number of hydrogen-bond acceptors (Lipinski definition) is 4. The van der Waals surface area contributed by atoms with E-state index in [2.05, 4.69) is 32.6 Å². The van der Waals surface area contributed by atoms with Crippen LogP contribution in [0.3, 0.4) is 0 Å². The molecular formula is C28H45NO3. The van der Waals surface area contributed by atoms with E-state index in [0.29, 0.717) is 53.6 Å². The summed E-state index contributed by atoms with van der Waals surface area (Å²) in [6.07, 6.45) is 8.97. The lowest BCUT2D eigenvalue weighted by atomic mass is 9.51. The van der Waals surface area contributed by atoms with Crippen LogP contribution in [0.15, 0.2) is 0 Å². The third-order valence-corrected chi connectivity index (χ3v) is 12.6. The van der Waals surface area contributed by atoms with Gasteiger partial charge in [-0.05, 0) is 112 Å². The van der Waals surface area contributed by atoms with Gasteiger partial charge in [-0.25, -0.2) is 0 Å². The van der Waals surface area contributed by atoms with Crippen LogP contribution in [0.25, 0.3) is 0 Å². The molecule has 6 rings (SSSR count). The third-order valence-electron chi connectivity index (χ3n) is 12.6. The first kappa shape index (κ1) is 22.0. The fourth-order valence-electron chi connectivity index (χ4n) is 10.6. The van der Waals surface area contributed by atoms with E-state index >= 15 is 0 Å². The molecule has 180 valence electrons. The minimum Gasteiger partial charge on any atom is -0.393 e. The van der Waals surface area contributed by atoms with Crippen molar-refractivity contribution < 1.29 is 15.0 Å². The molecule has 2 N–H and O–H groups in total. The van der Waals surface area contributed by atoms with Gasteiger partial charge in [0.05, 0.1) is 11.7 Å². The zero-order valence-electron chi connectivity index (χ0n) is 20.7. The summed E-state index contributed by atoms with van der Waals surface area (Å²) in [4.78, 5) is 16.0. The second-order valence-electron chi connectivity index (χ2n) is 13.8. The first-order chi connectivity index (χ1) is 15.1. The number of piperidine rings is 2. The van der Waals surface area contributed by atoms with Crippen molar-refractivity contribution in [2.45, 2.75) is 103 Å². The molecule has 4 nitrogen and oxygen atoms in total. The smallest absolute Gasteiger partial charge is 0.136 e. The molecule has 0 spiro atoms. The summed E-state index contributed by atoms with van der Waals surface area (Å²) in [6.45, 7) is 11.5. The maximum atomic E-state index is 13.3. The van der Waals surface area contributed by atoms with Crippen molar-refractivity contribution in [1.82, 2.24) is 4.90 Å². The topological polar surface area (TPSA) is 60.8 Å². The number of carbonyl (C=O) groups excluding carboxylic acids is 1. The normalized spacial score (nSPS) is 60.1. The van der Waals surface area contributed by atoms with Gasteiger partial charge in [-0.2, -0.15) is 0 Å². The Kier molecular flexibility index (Phi) is 4.85. The molecule has 0 aromatic heterocycles. The number of aliphatic hydroxyl groups excluding tert-OH is 1. The lowest BCUT2D eigenvalue weighted by Gasteiger charge is -2.65. The predicted octanol–water partition coefficient (Wildman–Crippen LogP) is 4.28. The molecule has 0 amide bonds. The Morgan fingerprint density at radius 2 is 1.66 bits per heavy atom. The maximum absolute atomic E-state index is 13.3.